The highest BCUT2D eigenvalue weighted by atomic mass is 16.5. The zero-order valence-corrected chi connectivity index (χ0v) is 11.2. The smallest absolute Gasteiger partial charge is 0.319 e. The number of carbonyl (C=O) groups excluding carboxylic acids is 1. The topological polar surface area (TPSA) is 38.3 Å². The van der Waals surface area contributed by atoms with Crippen LogP contribution >= 0.6 is 0 Å². The minimum absolute atomic E-state index is 0.181. The van der Waals surface area contributed by atoms with Crippen LogP contribution in [0.15, 0.2) is 18.2 Å². The molecule has 0 aliphatic heterocycles. The van der Waals surface area contributed by atoms with E-state index in [1.54, 1.807) is 0 Å². The second kappa shape index (κ2) is 6.01. The standard InChI is InChI=1S/C15H21NO2/c1-3-18-15(17)10-16-11(2)13-8-7-12-5-4-6-14(12)9-13/h7-9,11,16H,3-6,10H2,1-2H3. The molecule has 1 N–H and O–H groups in total. The molecule has 3 heteroatoms. The van der Waals surface area contributed by atoms with E-state index in [9.17, 15) is 4.79 Å². The molecule has 1 aromatic carbocycles. The van der Waals surface area contributed by atoms with E-state index in [2.05, 4.69) is 30.4 Å². The summed E-state index contributed by atoms with van der Waals surface area (Å²) in [5.74, 6) is -0.189. The Morgan fingerprint density at radius 2 is 2.17 bits per heavy atom. The van der Waals surface area contributed by atoms with Crippen LogP contribution in [0.25, 0.3) is 0 Å². The van der Waals surface area contributed by atoms with E-state index in [4.69, 9.17) is 4.74 Å². The summed E-state index contributed by atoms with van der Waals surface area (Å²) in [5, 5.41) is 3.20. The highest BCUT2D eigenvalue weighted by molar-refractivity contribution is 5.71. The lowest BCUT2D eigenvalue weighted by atomic mass is 10.0. The number of benzene rings is 1. The second-order valence-corrected chi connectivity index (χ2v) is 4.79. The van der Waals surface area contributed by atoms with Crippen LogP contribution in [0.2, 0.25) is 0 Å². The first-order valence-corrected chi connectivity index (χ1v) is 6.71. The van der Waals surface area contributed by atoms with Crippen LogP contribution in [-0.2, 0) is 22.4 Å². The Labute approximate surface area is 109 Å². The Hall–Kier alpha value is -1.35. The normalized spacial score (nSPS) is 15.2. The molecule has 0 heterocycles. The molecule has 1 atom stereocenters. The summed E-state index contributed by atoms with van der Waals surface area (Å²) in [6.07, 6.45) is 3.66. The average Bonchev–Trinajstić information content (AvgIpc) is 2.83. The van der Waals surface area contributed by atoms with E-state index in [1.165, 1.54) is 36.0 Å². The van der Waals surface area contributed by atoms with Crippen LogP contribution in [0, 0.1) is 0 Å². The quantitative estimate of drug-likeness (QED) is 0.812. The first-order chi connectivity index (χ1) is 8.70. The maximum absolute atomic E-state index is 11.3. The monoisotopic (exact) mass is 247 g/mol. The van der Waals surface area contributed by atoms with Gasteiger partial charge in [0.05, 0.1) is 13.2 Å². The van der Waals surface area contributed by atoms with Crippen LogP contribution in [0.3, 0.4) is 0 Å². The van der Waals surface area contributed by atoms with Gasteiger partial charge in [-0.05, 0) is 49.8 Å². The molecule has 0 fully saturated rings. The Morgan fingerprint density at radius 3 is 2.94 bits per heavy atom. The largest absolute Gasteiger partial charge is 0.465 e. The Balaban J connectivity index is 1.92. The third-order valence-electron chi connectivity index (χ3n) is 3.48. The number of rotatable bonds is 5. The predicted octanol–water partition coefficient (Wildman–Crippen LogP) is 2.39. The van der Waals surface area contributed by atoms with Gasteiger partial charge in [-0.25, -0.2) is 0 Å². The zero-order chi connectivity index (χ0) is 13.0. The molecular weight excluding hydrogens is 226 g/mol. The molecule has 0 bridgehead atoms. The first-order valence-electron chi connectivity index (χ1n) is 6.71. The van der Waals surface area contributed by atoms with E-state index in [1.807, 2.05) is 6.92 Å². The molecule has 1 unspecified atom stereocenters. The maximum Gasteiger partial charge on any atom is 0.319 e. The number of aryl methyl sites for hydroxylation is 2. The van der Waals surface area contributed by atoms with Crippen LogP contribution in [0.1, 0.15) is 43.0 Å². The fourth-order valence-electron chi connectivity index (χ4n) is 2.43. The fraction of sp³-hybridized carbons (Fsp3) is 0.533. The number of hydrogen-bond acceptors (Lipinski definition) is 3. The van der Waals surface area contributed by atoms with Crippen molar-refractivity contribution in [3.63, 3.8) is 0 Å². The highest BCUT2D eigenvalue weighted by Gasteiger charge is 2.14. The van der Waals surface area contributed by atoms with Gasteiger partial charge in [0, 0.05) is 6.04 Å². The van der Waals surface area contributed by atoms with Gasteiger partial charge in [-0.2, -0.15) is 0 Å². The molecule has 2 rings (SSSR count). The van der Waals surface area contributed by atoms with Crippen LogP contribution in [0.4, 0.5) is 0 Å². The van der Waals surface area contributed by atoms with Crippen molar-refractivity contribution < 1.29 is 9.53 Å². The van der Waals surface area contributed by atoms with Gasteiger partial charge in [-0.1, -0.05) is 18.2 Å². The molecule has 0 radical (unpaired) electrons. The minimum atomic E-state index is -0.189. The molecule has 1 aromatic rings. The number of esters is 1. The van der Waals surface area contributed by atoms with Gasteiger partial charge >= 0.3 is 5.97 Å². The number of ether oxygens (including phenoxy) is 1. The van der Waals surface area contributed by atoms with E-state index in [0.717, 1.165) is 0 Å². The van der Waals surface area contributed by atoms with Crippen LogP contribution < -0.4 is 5.32 Å². The van der Waals surface area contributed by atoms with Crippen molar-refractivity contribution in [1.29, 1.82) is 0 Å². The molecule has 0 spiro atoms. The van der Waals surface area contributed by atoms with E-state index < -0.39 is 0 Å². The van der Waals surface area contributed by atoms with Crippen molar-refractivity contribution >= 4 is 5.97 Å². The van der Waals surface area contributed by atoms with E-state index in [0.29, 0.717) is 6.61 Å². The Kier molecular flexibility index (Phi) is 4.37. The molecule has 0 amide bonds. The van der Waals surface area contributed by atoms with Gasteiger partial charge < -0.3 is 10.1 Å². The third kappa shape index (κ3) is 3.10. The predicted molar refractivity (Wildman–Crippen MR) is 71.5 cm³/mol. The highest BCUT2D eigenvalue weighted by Crippen LogP contribution is 2.25. The lowest BCUT2D eigenvalue weighted by molar-refractivity contribution is -0.142. The van der Waals surface area contributed by atoms with Crippen molar-refractivity contribution in [2.75, 3.05) is 13.2 Å². The summed E-state index contributed by atoms with van der Waals surface area (Å²) < 4.78 is 4.90. The van der Waals surface area contributed by atoms with Crippen LogP contribution in [0.5, 0.6) is 0 Å². The average molecular weight is 247 g/mol. The number of hydrogen-bond donors (Lipinski definition) is 1. The van der Waals surface area contributed by atoms with Crippen molar-refractivity contribution in [2.24, 2.45) is 0 Å². The summed E-state index contributed by atoms with van der Waals surface area (Å²) in [4.78, 5) is 11.3. The lowest BCUT2D eigenvalue weighted by Gasteiger charge is -2.15. The Morgan fingerprint density at radius 1 is 1.39 bits per heavy atom. The summed E-state index contributed by atoms with van der Waals surface area (Å²) >= 11 is 0. The molecule has 1 aliphatic rings. The van der Waals surface area contributed by atoms with E-state index in [-0.39, 0.29) is 18.6 Å². The third-order valence-corrected chi connectivity index (χ3v) is 3.48. The van der Waals surface area contributed by atoms with Gasteiger partial charge in [-0.3, -0.25) is 4.79 Å². The molecule has 0 saturated carbocycles. The molecule has 3 nitrogen and oxygen atoms in total. The van der Waals surface area contributed by atoms with Crippen molar-refractivity contribution in [3.05, 3.63) is 34.9 Å². The molecule has 0 aromatic heterocycles. The molecule has 18 heavy (non-hydrogen) atoms. The SMILES string of the molecule is CCOC(=O)CNC(C)c1ccc2c(c1)CCC2. The molecular formula is C15H21NO2. The van der Waals surface area contributed by atoms with Crippen molar-refractivity contribution in [1.82, 2.24) is 5.32 Å². The number of nitrogens with one attached hydrogen (secondary N) is 1. The Bertz CT molecular complexity index is 429. The summed E-state index contributed by atoms with van der Waals surface area (Å²) in [6, 6.07) is 6.83. The summed E-state index contributed by atoms with van der Waals surface area (Å²) in [6.45, 7) is 4.61. The van der Waals surface area contributed by atoms with Crippen molar-refractivity contribution in [3.8, 4) is 0 Å². The van der Waals surface area contributed by atoms with Crippen LogP contribution in [-0.4, -0.2) is 19.1 Å². The van der Waals surface area contributed by atoms with Gasteiger partial charge in [0.15, 0.2) is 0 Å². The van der Waals surface area contributed by atoms with Gasteiger partial charge in [-0.15, -0.1) is 0 Å². The number of fused-ring (bicyclic) bond motifs is 1. The summed E-state index contributed by atoms with van der Waals surface area (Å²) in [5.41, 5.74) is 4.20. The van der Waals surface area contributed by atoms with Gasteiger partial charge in [0.2, 0.25) is 0 Å². The number of carbonyl (C=O) groups is 1. The zero-order valence-electron chi connectivity index (χ0n) is 11.2. The van der Waals surface area contributed by atoms with Gasteiger partial charge in [0.25, 0.3) is 0 Å². The second-order valence-electron chi connectivity index (χ2n) is 4.79. The first kappa shape index (κ1) is 13.1. The maximum atomic E-state index is 11.3. The molecule has 0 saturated heterocycles. The minimum Gasteiger partial charge on any atom is -0.465 e. The lowest BCUT2D eigenvalue weighted by Crippen LogP contribution is -2.27. The summed E-state index contributed by atoms with van der Waals surface area (Å²) in [7, 11) is 0. The van der Waals surface area contributed by atoms with Gasteiger partial charge in [0.1, 0.15) is 0 Å². The molecule has 98 valence electrons. The molecule has 1 aliphatic carbocycles. The van der Waals surface area contributed by atoms with Crippen molar-refractivity contribution in [2.45, 2.75) is 39.2 Å². The van der Waals surface area contributed by atoms with E-state index >= 15 is 0 Å². The fourth-order valence-corrected chi connectivity index (χ4v) is 2.43.